The van der Waals surface area contributed by atoms with Crippen LogP contribution in [0.3, 0.4) is 0 Å². The quantitative estimate of drug-likeness (QED) is 0.709. The standard InChI is InChI=1S/C14H9BrN2O5/c15-8-3-4-10(18)9(6-8)14(19)21-7-12-16-17-13(22-12)11-2-1-5-20-11/h1-6,18H,7H2. The Bertz CT molecular complexity index is 797. The van der Waals surface area contributed by atoms with E-state index in [-0.39, 0.29) is 29.7 Å². The van der Waals surface area contributed by atoms with Gasteiger partial charge in [-0.25, -0.2) is 4.79 Å². The lowest BCUT2D eigenvalue weighted by molar-refractivity contribution is 0.0435. The number of carbonyl (C=O) groups excluding carboxylic acids is 1. The lowest BCUT2D eigenvalue weighted by Gasteiger charge is -2.04. The molecule has 22 heavy (non-hydrogen) atoms. The molecule has 0 aliphatic carbocycles. The molecule has 0 fully saturated rings. The van der Waals surface area contributed by atoms with E-state index < -0.39 is 5.97 Å². The maximum Gasteiger partial charge on any atom is 0.342 e. The summed E-state index contributed by atoms with van der Waals surface area (Å²) in [4.78, 5) is 11.9. The van der Waals surface area contributed by atoms with Crippen LogP contribution < -0.4 is 0 Å². The van der Waals surface area contributed by atoms with Crippen LogP contribution in [0.15, 0.2) is 49.9 Å². The summed E-state index contributed by atoms with van der Waals surface area (Å²) >= 11 is 3.22. The molecule has 0 unspecified atom stereocenters. The summed E-state index contributed by atoms with van der Waals surface area (Å²) in [5.74, 6) is -0.128. The highest BCUT2D eigenvalue weighted by molar-refractivity contribution is 9.10. The molecule has 1 N–H and O–H groups in total. The second-order valence-electron chi connectivity index (χ2n) is 4.22. The van der Waals surface area contributed by atoms with Crippen LogP contribution in [0.1, 0.15) is 16.2 Å². The number of nitrogens with zero attached hydrogens (tertiary/aromatic N) is 2. The third kappa shape index (κ3) is 3.01. The summed E-state index contributed by atoms with van der Waals surface area (Å²) in [7, 11) is 0. The predicted octanol–water partition coefficient (Wildman–Crippen LogP) is 3.15. The van der Waals surface area contributed by atoms with E-state index in [1.165, 1.54) is 18.4 Å². The number of benzene rings is 1. The number of carbonyl (C=O) groups is 1. The average molecular weight is 365 g/mol. The number of hydrogen-bond donors (Lipinski definition) is 1. The number of halogens is 1. The van der Waals surface area contributed by atoms with E-state index in [4.69, 9.17) is 13.6 Å². The van der Waals surface area contributed by atoms with E-state index in [1.807, 2.05) is 0 Å². The first-order valence-corrected chi connectivity index (χ1v) is 6.94. The average Bonchev–Trinajstić information content (AvgIpc) is 3.17. The molecule has 0 atom stereocenters. The van der Waals surface area contributed by atoms with Crippen LogP contribution in [0.4, 0.5) is 0 Å². The van der Waals surface area contributed by atoms with Crippen molar-refractivity contribution in [2.24, 2.45) is 0 Å². The van der Waals surface area contributed by atoms with Crippen LogP contribution in [0.2, 0.25) is 0 Å². The Labute approximate surface area is 132 Å². The number of aromatic hydroxyl groups is 1. The minimum atomic E-state index is -0.698. The number of hydrogen-bond acceptors (Lipinski definition) is 7. The Kier molecular flexibility index (Phi) is 3.92. The highest BCUT2D eigenvalue weighted by Crippen LogP contribution is 2.23. The summed E-state index contributed by atoms with van der Waals surface area (Å²) < 4.78 is 16.1. The fourth-order valence-corrected chi connectivity index (χ4v) is 2.05. The van der Waals surface area contributed by atoms with Gasteiger partial charge in [-0.2, -0.15) is 0 Å². The largest absolute Gasteiger partial charge is 0.507 e. The highest BCUT2D eigenvalue weighted by Gasteiger charge is 2.16. The highest BCUT2D eigenvalue weighted by atomic mass is 79.9. The third-order valence-corrected chi connectivity index (χ3v) is 3.20. The molecule has 0 aliphatic rings. The second kappa shape index (κ2) is 6.02. The predicted molar refractivity (Wildman–Crippen MR) is 76.9 cm³/mol. The number of ether oxygens (including phenoxy) is 1. The Morgan fingerprint density at radius 2 is 2.18 bits per heavy atom. The maximum atomic E-state index is 11.9. The number of furan rings is 1. The van der Waals surface area contributed by atoms with E-state index in [2.05, 4.69) is 26.1 Å². The van der Waals surface area contributed by atoms with Crippen molar-refractivity contribution in [1.82, 2.24) is 10.2 Å². The molecular weight excluding hydrogens is 356 g/mol. The molecule has 3 rings (SSSR count). The van der Waals surface area contributed by atoms with Gasteiger partial charge in [0.1, 0.15) is 11.3 Å². The van der Waals surface area contributed by atoms with E-state index in [0.717, 1.165) is 0 Å². The van der Waals surface area contributed by atoms with Gasteiger partial charge in [-0.3, -0.25) is 0 Å². The zero-order chi connectivity index (χ0) is 15.5. The molecule has 8 heteroatoms. The minimum Gasteiger partial charge on any atom is -0.507 e. The normalized spacial score (nSPS) is 10.6. The van der Waals surface area contributed by atoms with Gasteiger partial charge >= 0.3 is 5.97 Å². The number of rotatable bonds is 4. The maximum absolute atomic E-state index is 11.9. The van der Waals surface area contributed by atoms with E-state index in [9.17, 15) is 9.90 Å². The summed E-state index contributed by atoms with van der Waals surface area (Å²) in [5.41, 5.74) is 0.0418. The number of phenolic OH excluding ortho intramolecular Hbond substituents is 1. The van der Waals surface area contributed by atoms with E-state index in [1.54, 1.807) is 18.2 Å². The van der Waals surface area contributed by atoms with Gasteiger partial charge in [-0.1, -0.05) is 15.9 Å². The third-order valence-electron chi connectivity index (χ3n) is 2.70. The first-order valence-electron chi connectivity index (χ1n) is 6.15. The van der Waals surface area contributed by atoms with Crippen molar-refractivity contribution in [3.63, 3.8) is 0 Å². The second-order valence-corrected chi connectivity index (χ2v) is 5.13. The molecule has 1 aromatic carbocycles. The van der Waals surface area contributed by atoms with Crippen LogP contribution in [0.25, 0.3) is 11.7 Å². The minimum absolute atomic E-state index is 0.0418. The summed E-state index contributed by atoms with van der Waals surface area (Å²) in [6.45, 7) is -0.210. The Balaban J connectivity index is 1.67. The molecule has 0 aliphatic heterocycles. The lowest BCUT2D eigenvalue weighted by atomic mass is 10.2. The van der Waals surface area contributed by atoms with Gasteiger partial charge in [-0.15, -0.1) is 10.2 Å². The van der Waals surface area contributed by atoms with Gasteiger partial charge in [-0.05, 0) is 30.3 Å². The zero-order valence-electron chi connectivity index (χ0n) is 11.0. The molecule has 0 spiro atoms. The van der Waals surface area contributed by atoms with Crippen LogP contribution in [-0.4, -0.2) is 21.3 Å². The smallest absolute Gasteiger partial charge is 0.342 e. The fourth-order valence-electron chi connectivity index (χ4n) is 1.69. The monoisotopic (exact) mass is 364 g/mol. The first kappa shape index (κ1) is 14.3. The van der Waals surface area contributed by atoms with Gasteiger partial charge in [0.25, 0.3) is 11.8 Å². The molecular formula is C14H9BrN2O5. The molecule has 7 nitrogen and oxygen atoms in total. The molecule has 0 saturated carbocycles. The Morgan fingerprint density at radius 3 is 2.95 bits per heavy atom. The molecule has 0 amide bonds. The van der Waals surface area contributed by atoms with Crippen molar-refractivity contribution in [3.05, 3.63) is 52.5 Å². The van der Waals surface area contributed by atoms with Gasteiger partial charge < -0.3 is 18.7 Å². The van der Waals surface area contributed by atoms with Crippen LogP contribution in [0, 0.1) is 0 Å². The number of esters is 1. The van der Waals surface area contributed by atoms with Crippen LogP contribution in [0.5, 0.6) is 5.75 Å². The molecule has 3 aromatic rings. The van der Waals surface area contributed by atoms with E-state index >= 15 is 0 Å². The molecule has 2 aromatic heterocycles. The fraction of sp³-hybridized carbons (Fsp3) is 0.0714. The molecule has 112 valence electrons. The first-order chi connectivity index (χ1) is 10.6. The van der Waals surface area contributed by atoms with Crippen molar-refractivity contribution < 1.29 is 23.5 Å². The van der Waals surface area contributed by atoms with Crippen molar-refractivity contribution in [2.75, 3.05) is 0 Å². The lowest BCUT2D eigenvalue weighted by Crippen LogP contribution is -2.05. The molecule has 0 saturated heterocycles. The van der Waals surface area contributed by atoms with Crippen molar-refractivity contribution in [3.8, 4) is 17.4 Å². The van der Waals surface area contributed by atoms with E-state index in [0.29, 0.717) is 10.2 Å². The zero-order valence-corrected chi connectivity index (χ0v) is 12.6. The Morgan fingerprint density at radius 1 is 1.32 bits per heavy atom. The molecule has 0 bridgehead atoms. The van der Waals surface area contributed by atoms with Crippen molar-refractivity contribution >= 4 is 21.9 Å². The van der Waals surface area contributed by atoms with Crippen LogP contribution in [-0.2, 0) is 11.3 Å². The summed E-state index contributed by atoms with van der Waals surface area (Å²) in [5, 5.41) is 17.2. The van der Waals surface area contributed by atoms with Gasteiger partial charge in [0, 0.05) is 4.47 Å². The number of aromatic nitrogens is 2. The molecule has 2 heterocycles. The van der Waals surface area contributed by atoms with Crippen LogP contribution >= 0.6 is 15.9 Å². The SMILES string of the molecule is O=C(OCc1nnc(-c2ccco2)o1)c1cc(Br)ccc1O. The van der Waals surface area contributed by atoms with Gasteiger partial charge in [0.15, 0.2) is 12.4 Å². The van der Waals surface area contributed by atoms with Gasteiger partial charge in [0.2, 0.25) is 0 Å². The topological polar surface area (TPSA) is 98.6 Å². The summed E-state index contributed by atoms with van der Waals surface area (Å²) in [6.07, 6.45) is 1.48. The van der Waals surface area contributed by atoms with Gasteiger partial charge in [0.05, 0.1) is 6.26 Å². The summed E-state index contributed by atoms with van der Waals surface area (Å²) in [6, 6.07) is 7.82. The van der Waals surface area contributed by atoms with Crippen molar-refractivity contribution in [1.29, 1.82) is 0 Å². The molecule has 0 radical (unpaired) electrons. The number of phenols is 1. The van der Waals surface area contributed by atoms with Crippen molar-refractivity contribution in [2.45, 2.75) is 6.61 Å². The Hall–Kier alpha value is -2.61.